The van der Waals surface area contributed by atoms with E-state index in [-0.39, 0.29) is 0 Å². The molecule has 0 unspecified atom stereocenters. The van der Waals surface area contributed by atoms with Crippen LogP contribution in [0.5, 0.6) is 0 Å². The van der Waals surface area contributed by atoms with Gasteiger partial charge in [-0.3, -0.25) is 4.99 Å². The monoisotopic (exact) mass is 367 g/mol. The first kappa shape index (κ1) is 20.3. The molecular formula is C20H29N7. The number of nitrogens with zero attached hydrogens (tertiary/aromatic N) is 5. The lowest BCUT2D eigenvalue weighted by Gasteiger charge is -2.21. The molecule has 2 aromatic rings. The van der Waals surface area contributed by atoms with Crippen LogP contribution in [0.25, 0.3) is 5.69 Å². The van der Waals surface area contributed by atoms with Crippen LogP contribution in [-0.4, -0.2) is 47.8 Å². The van der Waals surface area contributed by atoms with Crippen LogP contribution in [0.4, 0.5) is 5.82 Å². The van der Waals surface area contributed by atoms with Crippen LogP contribution >= 0.6 is 0 Å². The van der Waals surface area contributed by atoms with E-state index in [1.54, 1.807) is 11.7 Å². The highest BCUT2D eigenvalue weighted by Gasteiger charge is 2.16. The number of guanidine groups is 1. The minimum Gasteiger partial charge on any atom is -0.382 e. The average molecular weight is 368 g/mol. The number of nitrogens with two attached hydrogens (primary N) is 1. The van der Waals surface area contributed by atoms with Crippen molar-refractivity contribution in [3.05, 3.63) is 41.6 Å². The van der Waals surface area contributed by atoms with Gasteiger partial charge < -0.3 is 16.0 Å². The Kier molecular flexibility index (Phi) is 7.68. The largest absolute Gasteiger partial charge is 0.382 e. The predicted molar refractivity (Wildman–Crippen MR) is 110 cm³/mol. The van der Waals surface area contributed by atoms with Crippen molar-refractivity contribution >= 4 is 11.8 Å². The average Bonchev–Trinajstić information content (AvgIpc) is 3.02. The quantitative estimate of drug-likeness (QED) is 0.425. The minimum atomic E-state index is 0.391. The number of unbranched alkanes of at least 4 members (excludes halogenated alkanes) is 1. The molecule has 0 saturated carbocycles. The number of nitriles is 1. The molecule has 0 bridgehead atoms. The molecule has 0 aliphatic carbocycles. The van der Waals surface area contributed by atoms with Gasteiger partial charge in [-0.25, -0.2) is 4.68 Å². The Morgan fingerprint density at radius 2 is 2.07 bits per heavy atom. The van der Waals surface area contributed by atoms with Gasteiger partial charge >= 0.3 is 0 Å². The molecule has 0 fully saturated rings. The molecule has 0 atom stereocenters. The van der Waals surface area contributed by atoms with E-state index in [2.05, 4.69) is 33.3 Å². The fraction of sp³-hybridized carbons (Fsp3) is 0.450. The van der Waals surface area contributed by atoms with Gasteiger partial charge in [0, 0.05) is 27.2 Å². The number of nitrogens with one attached hydrogen (secondary N) is 1. The molecule has 0 saturated heterocycles. The van der Waals surface area contributed by atoms with E-state index >= 15 is 0 Å². The molecule has 0 spiro atoms. The zero-order chi connectivity index (χ0) is 19.6. The lowest BCUT2D eigenvalue weighted by molar-refractivity contribution is 0.464. The summed E-state index contributed by atoms with van der Waals surface area (Å²) < 4.78 is 1.64. The summed E-state index contributed by atoms with van der Waals surface area (Å²) in [5, 5.41) is 17.4. The molecule has 1 heterocycles. The summed E-state index contributed by atoms with van der Waals surface area (Å²) in [6, 6.07) is 11.8. The molecule has 2 rings (SSSR count). The number of anilines is 1. The van der Waals surface area contributed by atoms with Crippen LogP contribution in [0.3, 0.4) is 0 Å². The molecule has 1 aromatic heterocycles. The Morgan fingerprint density at radius 1 is 1.33 bits per heavy atom. The van der Waals surface area contributed by atoms with E-state index in [1.807, 2.05) is 37.4 Å². The first-order valence-corrected chi connectivity index (χ1v) is 9.37. The second-order valence-electron chi connectivity index (χ2n) is 6.42. The highest BCUT2D eigenvalue weighted by Crippen LogP contribution is 2.21. The summed E-state index contributed by atoms with van der Waals surface area (Å²) in [7, 11) is 3.84. The summed E-state index contributed by atoms with van der Waals surface area (Å²) in [5.41, 5.74) is 8.19. The lowest BCUT2D eigenvalue weighted by Crippen LogP contribution is -2.39. The number of rotatable bonds is 8. The number of aromatic nitrogens is 2. The fourth-order valence-electron chi connectivity index (χ4n) is 2.88. The van der Waals surface area contributed by atoms with Crippen molar-refractivity contribution in [3.8, 4) is 11.8 Å². The molecule has 7 heteroatoms. The van der Waals surface area contributed by atoms with Crippen molar-refractivity contribution in [3.63, 3.8) is 0 Å². The molecule has 0 radical (unpaired) electrons. The Hall–Kier alpha value is -3.01. The summed E-state index contributed by atoms with van der Waals surface area (Å²) in [6.07, 6.45) is 3.80. The SMILES string of the molecule is CCCCN(C)C(=NC)NCCCc1nn(-c2ccccc2)c(N)c1C#N. The van der Waals surface area contributed by atoms with E-state index in [9.17, 15) is 5.26 Å². The first-order chi connectivity index (χ1) is 13.1. The van der Waals surface area contributed by atoms with Crippen molar-refractivity contribution in [2.45, 2.75) is 32.6 Å². The molecule has 144 valence electrons. The highest BCUT2D eigenvalue weighted by atomic mass is 15.3. The van der Waals surface area contributed by atoms with Crippen molar-refractivity contribution in [2.24, 2.45) is 4.99 Å². The van der Waals surface area contributed by atoms with Gasteiger partial charge in [-0.15, -0.1) is 0 Å². The van der Waals surface area contributed by atoms with Crippen molar-refractivity contribution in [1.29, 1.82) is 5.26 Å². The van der Waals surface area contributed by atoms with E-state index < -0.39 is 0 Å². The number of hydrogen-bond donors (Lipinski definition) is 2. The van der Waals surface area contributed by atoms with Crippen LogP contribution < -0.4 is 11.1 Å². The zero-order valence-corrected chi connectivity index (χ0v) is 16.4. The van der Waals surface area contributed by atoms with E-state index in [0.717, 1.165) is 49.7 Å². The lowest BCUT2D eigenvalue weighted by atomic mass is 10.1. The molecule has 0 amide bonds. The maximum atomic E-state index is 9.47. The number of hydrogen-bond acceptors (Lipinski definition) is 4. The first-order valence-electron chi connectivity index (χ1n) is 9.37. The third-order valence-electron chi connectivity index (χ3n) is 4.40. The Labute approximate surface area is 161 Å². The van der Waals surface area contributed by atoms with Crippen molar-refractivity contribution < 1.29 is 0 Å². The van der Waals surface area contributed by atoms with Gasteiger partial charge in [0.2, 0.25) is 0 Å². The normalized spacial score (nSPS) is 11.3. The molecular weight excluding hydrogens is 338 g/mol. The van der Waals surface area contributed by atoms with Crippen LogP contribution in [0.2, 0.25) is 0 Å². The molecule has 0 aliphatic heterocycles. The maximum absolute atomic E-state index is 9.47. The van der Waals surface area contributed by atoms with Crippen LogP contribution in [0, 0.1) is 11.3 Å². The van der Waals surface area contributed by atoms with Crippen molar-refractivity contribution in [1.82, 2.24) is 20.0 Å². The van der Waals surface area contributed by atoms with Crippen LogP contribution in [0.1, 0.15) is 37.4 Å². The van der Waals surface area contributed by atoms with Gasteiger partial charge in [-0.1, -0.05) is 31.5 Å². The number of aryl methyl sites for hydroxylation is 1. The number of benzene rings is 1. The second-order valence-corrected chi connectivity index (χ2v) is 6.42. The molecule has 1 aromatic carbocycles. The van der Waals surface area contributed by atoms with E-state index in [1.165, 1.54) is 0 Å². The van der Waals surface area contributed by atoms with Gasteiger partial charge in [0.15, 0.2) is 5.96 Å². The van der Waals surface area contributed by atoms with Gasteiger partial charge in [0.25, 0.3) is 0 Å². The Balaban J connectivity index is 1.97. The van der Waals surface area contributed by atoms with Gasteiger partial charge in [-0.05, 0) is 31.4 Å². The predicted octanol–water partition coefficient (Wildman–Crippen LogP) is 2.57. The Morgan fingerprint density at radius 3 is 2.70 bits per heavy atom. The third kappa shape index (κ3) is 5.23. The number of nitrogen functional groups attached to an aromatic ring is 1. The van der Waals surface area contributed by atoms with Crippen LogP contribution in [0.15, 0.2) is 35.3 Å². The topological polar surface area (TPSA) is 95.3 Å². The minimum absolute atomic E-state index is 0.391. The molecule has 0 aliphatic rings. The fourth-order valence-corrected chi connectivity index (χ4v) is 2.88. The maximum Gasteiger partial charge on any atom is 0.193 e. The Bertz CT molecular complexity index is 787. The standard InChI is InChI=1S/C20H29N7/c1-4-5-14-26(3)20(23-2)24-13-9-12-18-17(15-21)19(22)27(25-18)16-10-7-6-8-11-16/h6-8,10-11H,4-5,9,12-14,22H2,1-3H3,(H,23,24). The number of aliphatic imine (C=N–C) groups is 1. The summed E-state index contributed by atoms with van der Waals surface area (Å²) >= 11 is 0. The van der Waals surface area contributed by atoms with Gasteiger partial charge in [0.1, 0.15) is 17.5 Å². The zero-order valence-electron chi connectivity index (χ0n) is 16.4. The van der Waals surface area contributed by atoms with Crippen LogP contribution in [-0.2, 0) is 6.42 Å². The summed E-state index contributed by atoms with van der Waals surface area (Å²) in [6.45, 7) is 3.91. The smallest absolute Gasteiger partial charge is 0.193 e. The van der Waals surface area contributed by atoms with Gasteiger partial charge in [0.05, 0.1) is 11.4 Å². The third-order valence-corrected chi connectivity index (χ3v) is 4.40. The van der Waals surface area contributed by atoms with Crippen molar-refractivity contribution in [2.75, 3.05) is 32.9 Å². The van der Waals surface area contributed by atoms with E-state index in [4.69, 9.17) is 5.73 Å². The molecule has 3 N–H and O–H groups in total. The number of para-hydroxylation sites is 1. The second kappa shape index (κ2) is 10.2. The van der Waals surface area contributed by atoms with E-state index in [0.29, 0.717) is 17.8 Å². The summed E-state index contributed by atoms with van der Waals surface area (Å²) in [5.74, 6) is 1.28. The highest BCUT2D eigenvalue weighted by molar-refractivity contribution is 5.79. The molecule has 27 heavy (non-hydrogen) atoms. The van der Waals surface area contributed by atoms with Gasteiger partial charge in [-0.2, -0.15) is 10.4 Å². The summed E-state index contributed by atoms with van der Waals surface area (Å²) in [4.78, 5) is 6.45. The molecule has 7 nitrogen and oxygen atoms in total.